The van der Waals surface area contributed by atoms with E-state index >= 15 is 0 Å². The number of carbonyl (C=O) groups is 1. The van der Waals surface area contributed by atoms with E-state index in [0.717, 1.165) is 11.8 Å². The third-order valence-corrected chi connectivity index (χ3v) is 4.55. The Bertz CT molecular complexity index is 725. The van der Waals surface area contributed by atoms with E-state index in [9.17, 15) is 13.2 Å². The van der Waals surface area contributed by atoms with Gasteiger partial charge in [0.15, 0.2) is 5.09 Å². The summed E-state index contributed by atoms with van der Waals surface area (Å²) in [5.74, 6) is -1.27. The molecule has 1 unspecified atom stereocenters. The maximum absolute atomic E-state index is 11.9. The van der Waals surface area contributed by atoms with Crippen LogP contribution in [0.3, 0.4) is 0 Å². The fourth-order valence-corrected chi connectivity index (χ4v) is 2.90. The fraction of sp³-hybridized carbons (Fsp3) is 0.167. The highest BCUT2D eigenvalue weighted by molar-refractivity contribution is 8.00. The molecule has 1 aromatic carbocycles. The van der Waals surface area contributed by atoms with Crippen LogP contribution in [-0.4, -0.2) is 29.9 Å². The van der Waals surface area contributed by atoms with Gasteiger partial charge in [0.1, 0.15) is 10.1 Å². The smallest absolute Gasteiger partial charge is 0.340 e. The van der Waals surface area contributed by atoms with Gasteiger partial charge in [0.25, 0.3) is 5.88 Å². The standard InChI is InChI=1S/C12H11NO6S2/c1-8(12(14)15)20-11-7-10(13-18-11)19-21(16,17)9-5-3-2-4-6-9/h2-8H,1H3,(H,14,15). The zero-order chi connectivity index (χ0) is 15.5. The average Bonchev–Trinajstić information content (AvgIpc) is 2.86. The number of rotatable bonds is 6. The van der Waals surface area contributed by atoms with Crippen LogP contribution in [0.1, 0.15) is 6.92 Å². The van der Waals surface area contributed by atoms with Crippen molar-refractivity contribution >= 4 is 27.8 Å². The van der Waals surface area contributed by atoms with E-state index in [4.69, 9.17) is 13.8 Å². The van der Waals surface area contributed by atoms with Crippen molar-refractivity contribution in [2.75, 3.05) is 0 Å². The molecule has 0 spiro atoms. The Kier molecular flexibility index (Phi) is 4.53. The van der Waals surface area contributed by atoms with Crippen LogP contribution in [0.25, 0.3) is 0 Å². The number of carboxylic acid groups (broad SMARTS) is 1. The second-order valence-corrected chi connectivity index (χ2v) is 6.82. The number of aromatic nitrogens is 1. The quantitative estimate of drug-likeness (QED) is 0.633. The number of nitrogens with zero attached hydrogens (tertiary/aromatic N) is 1. The zero-order valence-corrected chi connectivity index (χ0v) is 12.4. The maximum Gasteiger partial charge on any atom is 0.340 e. The molecule has 2 aromatic rings. The Hall–Kier alpha value is -2.00. The van der Waals surface area contributed by atoms with E-state index in [2.05, 4.69) is 5.16 Å². The Morgan fingerprint density at radius 1 is 1.38 bits per heavy atom. The fourth-order valence-electron chi connectivity index (χ4n) is 1.31. The Morgan fingerprint density at radius 2 is 2.05 bits per heavy atom. The summed E-state index contributed by atoms with van der Waals surface area (Å²) in [6, 6.07) is 8.81. The summed E-state index contributed by atoms with van der Waals surface area (Å²) in [5, 5.41) is 11.6. The molecule has 0 fully saturated rings. The summed E-state index contributed by atoms with van der Waals surface area (Å²) in [6.07, 6.45) is 0. The third-order valence-electron chi connectivity index (χ3n) is 2.33. The predicted octanol–water partition coefficient (Wildman–Crippen LogP) is 2.01. The van der Waals surface area contributed by atoms with Gasteiger partial charge in [0.05, 0.1) is 6.07 Å². The molecule has 21 heavy (non-hydrogen) atoms. The highest BCUT2D eigenvalue weighted by atomic mass is 32.2. The topological polar surface area (TPSA) is 107 Å². The molecule has 7 nitrogen and oxygen atoms in total. The number of thioether (sulfide) groups is 1. The molecule has 0 aliphatic carbocycles. The number of hydrogen-bond donors (Lipinski definition) is 1. The molecule has 0 aliphatic heterocycles. The molecule has 9 heteroatoms. The lowest BCUT2D eigenvalue weighted by atomic mass is 10.4. The van der Waals surface area contributed by atoms with Crippen LogP contribution >= 0.6 is 11.8 Å². The Morgan fingerprint density at radius 3 is 2.67 bits per heavy atom. The lowest BCUT2D eigenvalue weighted by molar-refractivity contribution is -0.136. The first-order valence-electron chi connectivity index (χ1n) is 5.74. The second-order valence-electron chi connectivity index (χ2n) is 3.93. The van der Waals surface area contributed by atoms with Crippen LogP contribution in [0.15, 0.2) is 50.9 Å². The summed E-state index contributed by atoms with van der Waals surface area (Å²) in [5.41, 5.74) is 0. The van der Waals surface area contributed by atoms with Crippen molar-refractivity contribution in [3.05, 3.63) is 36.4 Å². The van der Waals surface area contributed by atoms with Crippen molar-refractivity contribution in [3.63, 3.8) is 0 Å². The largest absolute Gasteiger partial charge is 0.480 e. The van der Waals surface area contributed by atoms with Crippen molar-refractivity contribution in [1.82, 2.24) is 5.16 Å². The van der Waals surface area contributed by atoms with E-state index < -0.39 is 21.3 Å². The van der Waals surface area contributed by atoms with Gasteiger partial charge >= 0.3 is 16.1 Å². The van der Waals surface area contributed by atoms with E-state index in [0.29, 0.717) is 0 Å². The molecule has 0 amide bonds. The van der Waals surface area contributed by atoms with Gasteiger partial charge < -0.3 is 13.8 Å². The van der Waals surface area contributed by atoms with Crippen molar-refractivity contribution in [1.29, 1.82) is 0 Å². The summed E-state index contributed by atoms with van der Waals surface area (Å²) in [4.78, 5) is 10.7. The summed E-state index contributed by atoms with van der Waals surface area (Å²) in [7, 11) is -3.99. The van der Waals surface area contributed by atoms with Crippen molar-refractivity contribution < 1.29 is 27.0 Å². The van der Waals surface area contributed by atoms with E-state index in [1.807, 2.05) is 0 Å². The van der Waals surface area contributed by atoms with Crippen LogP contribution in [0.2, 0.25) is 0 Å². The molecule has 0 radical (unpaired) electrons. The van der Waals surface area contributed by atoms with Crippen LogP contribution < -0.4 is 4.18 Å². The molecule has 1 heterocycles. The van der Waals surface area contributed by atoms with Crippen molar-refractivity contribution in [2.24, 2.45) is 0 Å². The molecular formula is C12H11NO6S2. The van der Waals surface area contributed by atoms with Gasteiger partial charge in [0.2, 0.25) is 0 Å². The lowest BCUT2D eigenvalue weighted by Gasteiger charge is -2.02. The highest BCUT2D eigenvalue weighted by Crippen LogP contribution is 2.27. The highest BCUT2D eigenvalue weighted by Gasteiger charge is 2.21. The summed E-state index contributed by atoms with van der Waals surface area (Å²) in [6.45, 7) is 1.47. The first kappa shape index (κ1) is 15.4. The summed E-state index contributed by atoms with van der Waals surface area (Å²) < 4.78 is 33.5. The molecular weight excluding hydrogens is 318 g/mol. The molecule has 0 bridgehead atoms. The molecule has 1 aromatic heterocycles. The lowest BCUT2D eigenvalue weighted by Crippen LogP contribution is -2.10. The van der Waals surface area contributed by atoms with Gasteiger partial charge in [-0.3, -0.25) is 4.79 Å². The molecule has 2 rings (SSSR count). The number of benzene rings is 1. The molecule has 112 valence electrons. The second kappa shape index (κ2) is 6.19. The predicted molar refractivity (Wildman–Crippen MR) is 73.7 cm³/mol. The molecule has 0 saturated carbocycles. The van der Waals surface area contributed by atoms with Crippen LogP contribution in [-0.2, 0) is 14.9 Å². The van der Waals surface area contributed by atoms with E-state index in [1.165, 1.54) is 25.1 Å². The van der Waals surface area contributed by atoms with Crippen molar-refractivity contribution in [3.8, 4) is 5.88 Å². The van der Waals surface area contributed by atoms with Gasteiger partial charge in [0, 0.05) is 0 Å². The van der Waals surface area contributed by atoms with Gasteiger partial charge in [-0.15, -0.1) is 0 Å². The molecule has 0 aliphatic rings. The minimum absolute atomic E-state index is 0.0129. The zero-order valence-electron chi connectivity index (χ0n) is 10.8. The van der Waals surface area contributed by atoms with E-state index in [-0.39, 0.29) is 15.9 Å². The Labute approximate surface area is 125 Å². The van der Waals surface area contributed by atoms with Crippen LogP contribution in [0.4, 0.5) is 0 Å². The van der Waals surface area contributed by atoms with Crippen molar-refractivity contribution in [2.45, 2.75) is 22.2 Å². The Balaban J connectivity index is 2.11. The first-order chi connectivity index (χ1) is 9.88. The van der Waals surface area contributed by atoms with E-state index in [1.54, 1.807) is 18.2 Å². The molecule has 0 saturated heterocycles. The minimum Gasteiger partial charge on any atom is -0.480 e. The maximum atomic E-state index is 11.9. The third kappa shape index (κ3) is 3.99. The van der Waals surface area contributed by atoms with Gasteiger partial charge in [-0.05, 0) is 24.2 Å². The number of carboxylic acids is 1. The first-order valence-corrected chi connectivity index (χ1v) is 8.03. The monoisotopic (exact) mass is 329 g/mol. The SMILES string of the molecule is CC(Sc1cc(OS(=O)(=O)c2ccccc2)no1)C(=O)O. The summed E-state index contributed by atoms with van der Waals surface area (Å²) >= 11 is 0.891. The molecule has 1 atom stereocenters. The normalized spacial score (nSPS) is 12.8. The van der Waals surface area contributed by atoms with Gasteiger partial charge in [-0.1, -0.05) is 30.0 Å². The molecule has 1 N–H and O–H groups in total. The minimum atomic E-state index is -3.99. The number of hydrogen-bond acceptors (Lipinski definition) is 7. The van der Waals surface area contributed by atoms with Crippen LogP contribution in [0, 0.1) is 0 Å². The van der Waals surface area contributed by atoms with Crippen LogP contribution in [0.5, 0.6) is 5.88 Å². The van der Waals surface area contributed by atoms with Gasteiger partial charge in [-0.2, -0.15) is 8.42 Å². The number of aliphatic carboxylic acids is 1. The average molecular weight is 329 g/mol. The van der Waals surface area contributed by atoms with Gasteiger partial charge in [-0.25, -0.2) is 0 Å².